The smallest absolute Gasteiger partial charge is 0.326 e. The lowest BCUT2D eigenvalue weighted by atomic mass is 10.2. The van der Waals surface area contributed by atoms with Crippen LogP contribution in [0.2, 0.25) is 0 Å². The van der Waals surface area contributed by atoms with Gasteiger partial charge in [0.05, 0.1) is 6.26 Å². The summed E-state index contributed by atoms with van der Waals surface area (Å²) in [6.45, 7) is 0. The predicted octanol–water partition coefficient (Wildman–Crippen LogP) is 2.37. The summed E-state index contributed by atoms with van der Waals surface area (Å²) >= 11 is 1.48. The van der Waals surface area contributed by atoms with Gasteiger partial charge in [0, 0.05) is 11.6 Å². The molecule has 1 aromatic carbocycles. The first-order valence-electron chi connectivity index (χ1n) is 8.15. The Kier molecular flexibility index (Phi) is 7.69. The van der Waals surface area contributed by atoms with Gasteiger partial charge in [0.15, 0.2) is 0 Å². The largest absolute Gasteiger partial charge is 0.480 e. The Morgan fingerprint density at radius 2 is 1.93 bits per heavy atom. The normalized spacial score (nSPS) is 12.3. The second kappa shape index (κ2) is 10.2. The number of hydrogen-bond acceptors (Lipinski definition) is 5. The van der Waals surface area contributed by atoms with Gasteiger partial charge in [0.1, 0.15) is 17.5 Å². The number of carboxylic acids is 1. The fourth-order valence-electron chi connectivity index (χ4n) is 2.19. The highest BCUT2D eigenvalue weighted by Gasteiger charge is 2.23. The number of furan rings is 1. The third kappa shape index (κ3) is 6.34. The molecule has 0 fully saturated rings. The van der Waals surface area contributed by atoms with Crippen LogP contribution in [-0.2, 0) is 9.59 Å². The number of rotatable bonds is 9. The number of benzene rings is 1. The summed E-state index contributed by atoms with van der Waals surface area (Å²) in [5.74, 6) is -1.40. The van der Waals surface area contributed by atoms with Crippen molar-refractivity contribution in [3.63, 3.8) is 0 Å². The maximum atomic E-state index is 12.6. The SMILES string of the molecule is CSCCC(NC(=O)C(=Cc1ccco1)NC(=O)c1ccccc1)C(=O)O. The van der Waals surface area contributed by atoms with E-state index in [2.05, 4.69) is 10.6 Å². The van der Waals surface area contributed by atoms with Crippen molar-refractivity contribution >= 4 is 35.6 Å². The number of thioether (sulfide) groups is 1. The third-order valence-corrected chi connectivity index (χ3v) is 4.22. The number of carboxylic acid groups (broad SMARTS) is 1. The minimum atomic E-state index is -1.14. The van der Waals surface area contributed by atoms with Gasteiger partial charge in [0.25, 0.3) is 11.8 Å². The van der Waals surface area contributed by atoms with Crippen molar-refractivity contribution in [2.75, 3.05) is 12.0 Å². The number of aliphatic carboxylic acids is 1. The third-order valence-electron chi connectivity index (χ3n) is 3.57. The number of hydrogen-bond donors (Lipinski definition) is 3. The molecule has 2 rings (SSSR count). The fourth-order valence-corrected chi connectivity index (χ4v) is 2.66. The average molecular weight is 388 g/mol. The highest BCUT2D eigenvalue weighted by atomic mass is 32.2. The van der Waals surface area contributed by atoms with Crippen LogP contribution in [0.25, 0.3) is 6.08 Å². The standard InChI is InChI=1S/C19H20N2O5S/c1-27-11-9-15(19(24)25)20-18(23)16(12-14-8-5-10-26-14)21-17(22)13-6-3-2-4-7-13/h2-8,10,12,15H,9,11H2,1H3,(H,20,23)(H,21,22)(H,24,25). The zero-order chi connectivity index (χ0) is 19.6. The van der Waals surface area contributed by atoms with E-state index in [9.17, 15) is 19.5 Å². The van der Waals surface area contributed by atoms with Gasteiger partial charge in [-0.1, -0.05) is 18.2 Å². The number of carbonyl (C=O) groups is 3. The van der Waals surface area contributed by atoms with E-state index >= 15 is 0 Å². The molecule has 1 unspecified atom stereocenters. The summed E-state index contributed by atoms with van der Waals surface area (Å²) in [6, 6.07) is 10.6. The molecular weight excluding hydrogens is 368 g/mol. The first-order chi connectivity index (χ1) is 13.0. The second-order valence-corrected chi connectivity index (χ2v) is 6.52. The van der Waals surface area contributed by atoms with Crippen LogP contribution >= 0.6 is 11.8 Å². The monoisotopic (exact) mass is 388 g/mol. The molecule has 7 nitrogen and oxygen atoms in total. The molecule has 0 saturated heterocycles. The fraction of sp³-hybridized carbons (Fsp3) is 0.211. The molecule has 142 valence electrons. The number of carbonyl (C=O) groups excluding carboxylic acids is 2. The molecule has 8 heteroatoms. The van der Waals surface area contributed by atoms with Crippen LogP contribution in [0.1, 0.15) is 22.5 Å². The van der Waals surface area contributed by atoms with Gasteiger partial charge in [-0.15, -0.1) is 0 Å². The Bertz CT molecular complexity index is 803. The molecule has 0 aliphatic rings. The number of amides is 2. The Hall–Kier alpha value is -3.00. The van der Waals surface area contributed by atoms with Gasteiger partial charge in [-0.05, 0) is 42.7 Å². The summed E-state index contributed by atoms with van der Waals surface area (Å²) in [7, 11) is 0. The van der Waals surface area contributed by atoms with Crippen molar-refractivity contribution in [2.24, 2.45) is 0 Å². The van der Waals surface area contributed by atoms with E-state index in [4.69, 9.17) is 4.42 Å². The molecule has 2 amide bonds. The summed E-state index contributed by atoms with van der Waals surface area (Å²) in [6.07, 6.45) is 4.90. The maximum absolute atomic E-state index is 12.6. The van der Waals surface area contributed by atoms with E-state index in [0.29, 0.717) is 17.1 Å². The van der Waals surface area contributed by atoms with Crippen molar-refractivity contribution < 1.29 is 23.9 Å². The van der Waals surface area contributed by atoms with Crippen molar-refractivity contribution in [3.05, 3.63) is 65.7 Å². The van der Waals surface area contributed by atoms with Crippen molar-refractivity contribution in [1.82, 2.24) is 10.6 Å². The lowest BCUT2D eigenvalue weighted by molar-refractivity contribution is -0.141. The average Bonchev–Trinajstić information content (AvgIpc) is 3.18. The highest BCUT2D eigenvalue weighted by molar-refractivity contribution is 7.98. The van der Waals surface area contributed by atoms with Gasteiger partial charge in [0.2, 0.25) is 0 Å². The van der Waals surface area contributed by atoms with Crippen LogP contribution in [-0.4, -0.2) is 40.9 Å². The molecular formula is C19H20N2O5S. The summed E-state index contributed by atoms with van der Waals surface area (Å²) in [5, 5.41) is 14.3. The van der Waals surface area contributed by atoms with E-state index in [1.54, 1.807) is 42.5 Å². The predicted molar refractivity (Wildman–Crippen MR) is 103 cm³/mol. The highest BCUT2D eigenvalue weighted by Crippen LogP contribution is 2.09. The Labute approximate surface area is 160 Å². The van der Waals surface area contributed by atoms with Crippen molar-refractivity contribution in [3.8, 4) is 0 Å². The minimum absolute atomic E-state index is 0.103. The summed E-state index contributed by atoms with van der Waals surface area (Å²) in [5.41, 5.74) is 0.266. The quantitative estimate of drug-likeness (QED) is 0.569. The van der Waals surface area contributed by atoms with E-state index in [1.165, 1.54) is 24.1 Å². The molecule has 0 bridgehead atoms. The molecule has 27 heavy (non-hydrogen) atoms. The van der Waals surface area contributed by atoms with E-state index < -0.39 is 23.8 Å². The Morgan fingerprint density at radius 3 is 2.52 bits per heavy atom. The Balaban J connectivity index is 2.20. The van der Waals surface area contributed by atoms with Crippen LogP contribution in [0.4, 0.5) is 0 Å². The maximum Gasteiger partial charge on any atom is 0.326 e. The van der Waals surface area contributed by atoms with Gasteiger partial charge in [-0.3, -0.25) is 9.59 Å². The molecule has 0 spiro atoms. The summed E-state index contributed by atoms with van der Waals surface area (Å²) in [4.78, 5) is 36.4. The van der Waals surface area contributed by atoms with E-state index in [0.717, 1.165) is 0 Å². The van der Waals surface area contributed by atoms with Gasteiger partial charge in [-0.2, -0.15) is 11.8 Å². The van der Waals surface area contributed by atoms with Crippen LogP contribution in [0, 0.1) is 0 Å². The topological polar surface area (TPSA) is 109 Å². The van der Waals surface area contributed by atoms with Crippen LogP contribution in [0.5, 0.6) is 0 Å². The van der Waals surface area contributed by atoms with Gasteiger partial charge in [-0.25, -0.2) is 4.79 Å². The van der Waals surface area contributed by atoms with E-state index in [-0.39, 0.29) is 12.1 Å². The molecule has 1 heterocycles. The molecule has 0 aliphatic heterocycles. The molecule has 0 saturated carbocycles. The van der Waals surface area contributed by atoms with Crippen LogP contribution < -0.4 is 10.6 Å². The lowest BCUT2D eigenvalue weighted by Gasteiger charge is -2.16. The second-order valence-electron chi connectivity index (χ2n) is 5.54. The molecule has 2 aromatic rings. The van der Waals surface area contributed by atoms with Crippen LogP contribution in [0.3, 0.4) is 0 Å². The minimum Gasteiger partial charge on any atom is -0.480 e. The van der Waals surface area contributed by atoms with Gasteiger partial charge >= 0.3 is 5.97 Å². The number of nitrogens with one attached hydrogen (secondary N) is 2. The zero-order valence-electron chi connectivity index (χ0n) is 14.7. The van der Waals surface area contributed by atoms with Gasteiger partial charge < -0.3 is 20.2 Å². The lowest BCUT2D eigenvalue weighted by Crippen LogP contribution is -2.44. The first-order valence-corrected chi connectivity index (χ1v) is 9.55. The van der Waals surface area contributed by atoms with Crippen molar-refractivity contribution in [1.29, 1.82) is 0 Å². The molecule has 0 radical (unpaired) electrons. The molecule has 0 aliphatic carbocycles. The molecule has 1 aromatic heterocycles. The summed E-state index contributed by atoms with van der Waals surface area (Å²) < 4.78 is 5.19. The first kappa shape index (κ1) is 20.3. The van der Waals surface area contributed by atoms with E-state index in [1.807, 2.05) is 6.26 Å². The van der Waals surface area contributed by atoms with Crippen LogP contribution in [0.15, 0.2) is 58.8 Å². The van der Waals surface area contributed by atoms with Crippen molar-refractivity contribution in [2.45, 2.75) is 12.5 Å². The zero-order valence-corrected chi connectivity index (χ0v) is 15.5. The molecule has 3 N–H and O–H groups in total. The Morgan fingerprint density at radius 1 is 1.19 bits per heavy atom. The molecule has 1 atom stereocenters.